The molecule has 9 heteroatoms. The number of amides is 1. The van der Waals surface area contributed by atoms with Crippen LogP contribution >= 0.6 is 0 Å². The molecule has 1 aliphatic heterocycles. The number of hydrogen-bond acceptors (Lipinski definition) is 8. The Morgan fingerprint density at radius 2 is 1.87 bits per heavy atom. The zero-order valence-corrected chi connectivity index (χ0v) is 17.7. The summed E-state index contributed by atoms with van der Waals surface area (Å²) in [4.78, 5) is 14.5. The maximum absolute atomic E-state index is 12.3. The number of morpholine rings is 1. The van der Waals surface area contributed by atoms with Gasteiger partial charge in [-0.05, 0) is 44.5 Å². The topological polar surface area (TPSA) is 105 Å². The lowest BCUT2D eigenvalue weighted by molar-refractivity contribution is -0.116. The highest BCUT2D eigenvalue weighted by Crippen LogP contribution is 2.22. The molecule has 0 atom stereocenters. The molecular weight excluding hydrogens is 396 g/mol. The summed E-state index contributed by atoms with van der Waals surface area (Å²) in [7, 11) is 0. The number of ether oxygens (including phenoxy) is 1. The second kappa shape index (κ2) is 9.57. The van der Waals surface area contributed by atoms with Crippen molar-refractivity contribution >= 4 is 28.8 Å². The highest BCUT2D eigenvalue weighted by atomic mass is 16.5. The summed E-state index contributed by atoms with van der Waals surface area (Å²) in [6.07, 6.45) is 2.73. The number of nitrogens with zero attached hydrogens (tertiary/aromatic N) is 4. The molecule has 9 nitrogen and oxygen atoms in total. The number of aryl methyl sites for hydroxylation is 2. The molecule has 1 aliphatic rings. The zero-order valence-electron chi connectivity index (χ0n) is 17.7. The Balaban J connectivity index is 1.31. The van der Waals surface area contributed by atoms with E-state index in [1.807, 2.05) is 44.2 Å². The summed E-state index contributed by atoms with van der Waals surface area (Å²) in [6.45, 7) is 6.87. The number of carbonyl (C=O) groups is 1. The highest BCUT2D eigenvalue weighted by molar-refractivity contribution is 5.91. The Morgan fingerprint density at radius 3 is 2.58 bits per heavy atom. The van der Waals surface area contributed by atoms with E-state index in [1.54, 1.807) is 6.20 Å². The maximum atomic E-state index is 12.3. The van der Waals surface area contributed by atoms with E-state index in [0.717, 1.165) is 60.4 Å². The summed E-state index contributed by atoms with van der Waals surface area (Å²) in [5.41, 5.74) is 4.45. The van der Waals surface area contributed by atoms with E-state index < -0.39 is 0 Å². The minimum absolute atomic E-state index is 0.0511. The first-order valence-corrected chi connectivity index (χ1v) is 10.3. The van der Waals surface area contributed by atoms with Crippen LogP contribution in [0, 0.1) is 13.8 Å². The van der Waals surface area contributed by atoms with Gasteiger partial charge in [0.25, 0.3) is 0 Å². The Labute approximate surface area is 180 Å². The van der Waals surface area contributed by atoms with Gasteiger partial charge < -0.3 is 24.8 Å². The van der Waals surface area contributed by atoms with E-state index in [9.17, 15) is 4.79 Å². The molecule has 4 rings (SSSR count). The lowest BCUT2D eigenvalue weighted by Gasteiger charge is -2.28. The third-order valence-electron chi connectivity index (χ3n) is 5.24. The maximum Gasteiger partial charge on any atom is 0.224 e. The van der Waals surface area contributed by atoms with Crippen molar-refractivity contribution in [1.29, 1.82) is 0 Å². The first-order chi connectivity index (χ1) is 15.1. The second-order valence-electron chi connectivity index (χ2n) is 7.45. The van der Waals surface area contributed by atoms with Crippen LogP contribution in [0.3, 0.4) is 0 Å². The number of benzene rings is 1. The van der Waals surface area contributed by atoms with E-state index in [2.05, 4.69) is 30.9 Å². The van der Waals surface area contributed by atoms with Crippen LogP contribution < -0.4 is 15.5 Å². The van der Waals surface area contributed by atoms with Crippen LogP contribution in [0.15, 0.2) is 41.1 Å². The van der Waals surface area contributed by atoms with E-state index >= 15 is 0 Å². The third kappa shape index (κ3) is 5.37. The van der Waals surface area contributed by atoms with Crippen LogP contribution in [0.25, 0.3) is 0 Å². The number of rotatable bonds is 7. The fraction of sp³-hybridized carbons (Fsp3) is 0.364. The van der Waals surface area contributed by atoms with Gasteiger partial charge in [0.1, 0.15) is 5.76 Å². The molecule has 0 unspecified atom stereocenters. The predicted octanol–water partition coefficient (Wildman–Crippen LogP) is 3.23. The van der Waals surface area contributed by atoms with Crippen molar-refractivity contribution in [3.05, 3.63) is 53.5 Å². The molecule has 3 aromatic rings. The van der Waals surface area contributed by atoms with Gasteiger partial charge in [0.05, 0.1) is 30.8 Å². The van der Waals surface area contributed by atoms with Gasteiger partial charge in [-0.3, -0.25) is 4.79 Å². The van der Waals surface area contributed by atoms with Crippen molar-refractivity contribution in [3.63, 3.8) is 0 Å². The summed E-state index contributed by atoms with van der Waals surface area (Å²) >= 11 is 0. The fourth-order valence-electron chi connectivity index (χ4n) is 3.52. The molecule has 2 aromatic heterocycles. The highest BCUT2D eigenvalue weighted by Gasteiger charge is 2.13. The van der Waals surface area contributed by atoms with Gasteiger partial charge in [0, 0.05) is 42.5 Å². The SMILES string of the molecule is Cc1noc(C)c1CCC(=O)Nc1ccc(Nc2cc(N3CCOCC3)cnn2)cc1. The third-order valence-corrected chi connectivity index (χ3v) is 5.24. The van der Waals surface area contributed by atoms with Gasteiger partial charge in [-0.25, -0.2) is 0 Å². The summed E-state index contributed by atoms with van der Waals surface area (Å²) in [5, 5.41) is 18.4. The van der Waals surface area contributed by atoms with E-state index in [-0.39, 0.29) is 5.91 Å². The molecule has 1 amide bonds. The van der Waals surface area contributed by atoms with Gasteiger partial charge in [-0.15, -0.1) is 5.10 Å². The molecular formula is C22H26N6O3. The lowest BCUT2D eigenvalue weighted by atomic mass is 10.1. The van der Waals surface area contributed by atoms with Crippen LogP contribution in [0.5, 0.6) is 0 Å². The molecule has 0 radical (unpaired) electrons. The molecule has 162 valence electrons. The van der Waals surface area contributed by atoms with Gasteiger partial charge >= 0.3 is 0 Å². The van der Waals surface area contributed by atoms with Crippen LogP contribution in [-0.2, 0) is 16.0 Å². The van der Waals surface area contributed by atoms with Gasteiger partial charge in [-0.2, -0.15) is 5.10 Å². The Bertz CT molecular complexity index is 1010. The molecule has 0 spiro atoms. The summed E-state index contributed by atoms with van der Waals surface area (Å²) in [6, 6.07) is 9.48. The lowest BCUT2D eigenvalue weighted by Crippen LogP contribution is -2.36. The second-order valence-corrected chi connectivity index (χ2v) is 7.45. The number of hydrogen-bond donors (Lipinski definition) is 2. The van der Waals surface area contributed by atoms with E-state index in [0.29, 0.717) is 18.7 Å². The van der Waals surface area contributed by atoms with Crippen molar-refractivity contribution in [3.8, 4) is 0 Å². The van der Waals surface area contributed by atoms with E-state index in [1.165, 1.54) is 0 Å². The Hall–Kier alpha value is -3.46. The summed E-state index contributed by atoms with van der Waals surface area (Å²) < 4.78 is 10.5. The van der Waals surface area contributed by atoms with Crippen LogP contribution in [0.2, 0.25) is 0 Å². The monoisotopic (exact) mass is 422 g/mol. The molecule has 0 saturated carbocycles. The van der Waals surface area contributed by atoms with E-state index in [4.69, 9.17) is 9.26 Å². The summed E-state index contributed by atoms with van der Waals surface area (Å²) in [5.74, 6) is 1.38. The van der Waals surface area contributed by atoms with Crippen LogP contribution in [0.1, 0.15) is 23.4 Å². The number of aromatic nitrogens is 3. The average Bonchev–Trinajstić information content (AvgIpc) is 3.12. The van der Waals surface area contributed by atoms with Crippen molar-refractivity contribution in [1.82, 2.24) is 15.4 Å². The van der Waals surface area contributed by atoms with Crippen molar-refractivity contribution in [2.24, 2.45) is 0 Å². The number of nitrogens with one attached hydrogen (secondary N) is 2. The van der Waals surface area contributed by atoms with Crippen molar-refractivity contribution < 1.29 is 14.1 Å². The molecule has 31 heavy (non-hydrogen) atoms. The largest absolute Gasteiger partial charge is 0.378 e. The molecule has 3 heterocycles. The normalized spacial score (nSPS) is 13.8. The first kappa shape index (κ1) is 20.8. The standard InChI is InChI=1S/C22H26N6O3/c1-15-20(16(2)31-27-15)7-8-22(29)25-18-5-3-17(4-6-18)24-21-13-19(14-23-26-21)28-9-11-30-12-10-28/h3-6,13-14H,7-12H2,1-2H3,(H,24,26)(H,25,29). The molecule has 1 fully saturated rings. The van der Waals surface area contributed by atoms with Crippen molar-refractivity contribution in [2.75, 3.05) is 41.8 Å². The van der Waals surface area contributed by atoms with Crippen LogP contribution in [0.4, 0.5) is 22.9 Å². The zero-order chi connectivity index (χ0) is 21.6. The smallest absolute Gasteiger partial charge is 0.224 e. The number of anilines is 4. The minimum Gasteiger partial charge on any atom is -0.378 e. The molecule has 2 N–H and O–H groups in total. The van der Waals surface area contributed by atoms with Gasteiger partial charge in [0.2, 0.25) is 5.91 Å². The van der Waals surface area contributed by atoms with Gasteiger partial charge in [0.15, 0.2) is 5.82 Å². The van der Waals surface area contributed by atoms with Gasteiger partial charge in [-0.1, -0.05) is 5.16 Å². The first-order valence-electron chi connectivity index (χ1n) is 10.3. The number of carbonyl (C=O) groups excluding carboxylic acids is 1. The molecule has 0 bridgehead atoms. The van der Waals surface area contributed by atoms with Crippen molar-refractivity contribution in [2.45, 2.75) is 26.7 Å². The molecule has 0 aliphatic carbocycles. The van der Waals surface area contributed by atoms with Crippen LogP contribution in [-0.4, -0.2) is 47.6 Å². The quantitative estimate of drug-likeness (QED) is 0.598. The fourth-order valence-corrected chi connectivity index (χ4v) is 3.52. The minimum atomic E-state index is -0.0511. The average molecular weight is 422 g/mol. The Kier molecular flexibility index (Phi) is 6.42. The Morgan fingerprint density at radius 1 is 1.13 bits per heavy atom. The molecule has 1 aromatic carbocycles. The molecule has 1 saturated heterocycles. The predicted molar refractivity (Wildman–Crippen MR) is 118 cm³/mol.